The second kappa shape index (κ2) is 6.98. The van der Waals surface area contributed by atoms with E-state index in [4.69, 9.17) is 0 Å². The van der Waals surface area contributed by atoms with Gasteiger partial charge in [0, 0.05) is 32.1 Å². The molecule has 2 fully saturated rings. The average molecular weight is 430 g/mol. The molecule has 1 saturated heterocycles. The Hall–Kier alpha value is -2.14. The summed E-state index contributed by atoms with van der Waals surface area (Å²) in [5, 5.41) is 4.34. The van der Waals surface area contributed by atoms with Gasteiger partial charge in [-0.05, 0) is 37.8 Å². The Kier molecular flexibility index (Phi) is 4.85. The van der Waals surface area contributed by atoms with E-state index >= 15 is 0 Å². The van der Waals surface area contributed by atoms with Crippen molar-refractivity contribution >= 4 is 10.0 Å². The van der Waals surface area contributed by atoms with Gasteiger partial charge in [0.05, 0.1) is 10.5 Å². The zero-order valence-electron chi connectivity index (χ0n) is 15.8. The monoisotopic (exact) mass is 430 g/mol. The third kappa shape index (κ3) is 3.61. The predicted molar refractivity (Wildman–Crippen MR) is 97.9 cm³/mol. The van der Waals surface area contributed by atoms with Gasteiger partial charge in [0.2, 0.25) is 10.0 Å². The number of aromatic nitrogens is 3. The highest BCUT2D eigenvalue weighted by molar-refractivity contribution is 7.89. The van der Waals surface area contributed by atoms with Gasteiger partial charge in [-0.25, -0.2) is 17.9 Å². The number of hydrogen-bond acceptors (Lipinski definition) is 4. The van der Waals surface area contributed by atoms with Gasteiger partial charge in [-0.15, -0.1) is 0 Å². The summed E-state index contributed by atoms with van der Waals surface area (Å²) < 4.78 is 69.7. The lowest BCUT2D eigenvalue weighted by molar-refractivity contribution is -0.139. The number of nitrogens with zero attached hydrogens (tertiary/aromatic N) is 4. The van der Waals surface area contributed by atoms with Crippen LogP contribution in [0.25, 0.3) is 0 Å². The van der Waals surface area contributed by atoms with E-state index < -0.39 is 26.7 Å². The van der Waals surface area contributed by atoms with Crippen LogP contribution in [-0.4, -0.2) is 40.2 Å². The molecule has 0 bridgehead atoms. The molecule has 29 heavy (non-hydrogen) atoms. The van der Waals surface area contributed by atoms with Crippen LogP contribution in [0.3, 0.4) is 0 Å². The number of alkyl halides is 3. The summed E-state index contributed by atoms with van der Waals surface area (Å²) in [7, 11) is -2.70. The van der Waals surface area contributed by atoms with E-state index in [2.05, 4.69) is 5.10 Å². The van der Waals surface area contributed by atoms with Gasteiger partial charge in [-0.2, -0.15) is 22.6 Å². The van der Waals surface area contributed by atoms with E-state index in [1.54, 1.807) is 11.6 Å². The van der Waals surface area contributed by atoms with Crippen molar-refractivity contribution in [3.63, 3.8) is 0 Å². The van der Waals surface area contributed by atoms with Gasteiger partial charge >= 0.3 is 11.9 Å². The molecule has 2 heterocycles. The summed E-state index contributed by atoms with van der Waals surface area (Å²) in [5.74, 6) is 0.543. The minimum Gasteiger partial charge on any atom is -0.276 e. The molecular formula is C18H21F3N4O3S. The Bertz CT molecular complexity index is 1080. The van der Waals surface area contributed by atoms with Crippen molar-refractivity contribution in [1.82, 2.24) is 18.7 Å². The quantitative estimate of drug-likeness (QED) is 0.747. The molecule has 4 rings (SSSR count). The van der Waals surface area contributed by atoms with Crippen LogP contribution >= 0.6 is 0 Å². The van der Waals surface area contributed by atoms with Crippen molar-refractivity contribution in [3.8, 4) is 0 Å². The Labute approximate surface area is 165 Å². The summed E-state index contributed by atoms with van der Waals surface area (Å²) in [6, 6.07) is 4.38. The zero-order chi connectivity index (χ0) is 21.0. The molecule has 2 aliphatic rings. The maximum atomic E-state index is 13.3. The van der Waals surface area contributed by atoms with Crippen molar-refractivity contribution < 1.29 is 21.6 Å². The van der Waals surface area contributed by atoms with Crippen molar-refractivity contribution in [2.45, 2.75) is 48.7 Å². The molecule has 0 amide bonds. The molecule has 1 aliphatic heterocycles. The van der Waals surface area contributed by atoms with E-state index in [0.717, 1.165) is 29.3 Å². The van der Waals surface area contributed by atoms with Crippen molar-refractivity contribution in [2.24, 2.45) is 7.05 Å². The van der Waals surface area contributed by atoms with Crippen LogP contribution in [-0.2, 0) is 23.2 Å². The molecule has 158 valence electrons. The van der Waals surface area contributed by atoms with Crippen molar-refractivity contribution in [1.29, 1.82) is 0 Å². The first-order chi connectivity index (χ1) is 13.6. The number of piperidine rings is 1. The smallest absolute Gasteiger partial charge is 0.276 e. The average Bonchev–Trinajstić information content (AvgIpc) is 3.47. The number of rotatable bonds is 4. The third-order valence-electron chi connectivity index (χ3n) is 5.52. The predicted octanol–water partition coefficient (Wildman–Crippen LogP) is 2.50. The summed E-state index contributed by atoms with van der Waals surface area (Å²) in [4.78, 5) is 11.6. The van der Waals surface area contributed by atoms with E-state index in [9.17, 15) is 26.4 Å². The lowest BCUT2D eigenvalue weighted by Crippen LogP contribution is -2.39. The molecule has 2 aromatic rings. The molecular weight excluding hydrogens is 409 g/mol. The van der Waals surface area contributed by atoms with Crippen LogP contribution in [0.15, 0.2) is 34.0 Å². The summed E-state index contributed by atoms with van der Waals surface area (Å²) in [6.45, 7) is 0.156. The van der Waals surface area contributed by atoms with E-state index in [-0.39, 0.29) is 30.7 Å². The molecule has 1 aromatic heterocycles. The van der Waals surface area contributed by atoms with Gasteiger partial charge in [-0.3, -0.25) is 4.57 Å². The molecule has 0 spiro atoms. The van der Waals surface area contributed by atoms with Gasteiger partial charge in [0.15, 0.2) is 0 Å². The van der Waals surface area contributed by atoms with Gasteiger partial charge in [0.1, 0.15) is 5.82 Å². The molecule has 1 saturated carbocycles. The Balaban J connectivity index is 1.57. The highest BCUT2D eigenvalue weighted by Gasteiger charge is 2.40. The lowest BCUT2D eigenvalue weighted by Gasteiger charge is -2.31. The van der Waals surface area contributed by atoms with E-state index in [0.29, 0.717) is 18.7 Å². The van der Waals surface area contributed by atoms with E-state index in [1.165, 1.54) is 16.8 Å². The lowest BCUT2D eigenvalue weighted by atomic mass is 9.97. The molecule has 1 aliphatic carbocycles. The molecule has 7 nitrogen and oxygen atoms in total. The fraction of sp³-hybridized carbons (Fsp3) is 0.556. The third-order valence-corrected chi connectivity index (χ3v) is 7.48. The van der Waals surface area contributed by atoms with E-state index in [1.807, 2.05) is 0 Å². The maximum absolute atomic E-state index is 13.3. The van der Waals surface area contributed by atoms with Crippen LogP contribution < -0.4 is 5.69 Å². The molecule has 0 atom stereocenters. The van der Waals surface area contributed by atoms with Gasteiger partial charge in [-0.1, -0.05) is 12.1 Å². The van der Waals surface area contributed by atoms with Crippen LogP contribution in [0.5, 0.6) is 0 Å². The molecule has 11 heteroatoms. The molecule has 1 aromatic carbocycles. The largest absolute Gasteiger partial charge is 0.417 e. The Morgan fingerprint density at radius 3 is 2.28 bits per heavy atom. The fourth-order valence-electron chi connectivity index (χ4n) is 3.87. The normalized spacial score (nSPS) is 19.6. The summed E-state index contributed by atoms with van der Waals surface area (Å²) in [5.41, 5.74) is -1.34. The molecule has 0 radical (unpaired) electrons. The van der Waals surface area contributed by atoms with Crippen LogP contribution in [0.1, 0.15) is 49.0 Å². The second-order valence-electron chi connectivity index (χ2n) is 7.54. The first-order valence-electron chi connectivity index (χ1n) is 9.42. The topological polar surface area (TPSA) is 77.2 Å². The number of hydrogen-bond donors (Lipinski definition) is 0. The SMILES string of the molecule is Cn1nc(C2CCN(S(=O)(=O)c3ccccc3C(F)(F)F)CC2)n(C2CC2)c1=O. The number of aryl methyl sites for hydroxylation is 1. The highest BCUT2D eigenvalue weighted by atomic mass is 32.2. The number of sulfonamides is 1. The van der Waals surface area contributed by atoms with Crippen LogP contribution in [0.2, 0.25) is 0 Å². The second-order valence-corrected chi connectivity index (χ2v) is 9.44. The molecule has 0 N–H and O–H groups in total. The number of halogens is 3. The van der Waals surface area contributed by atoms with Gasteiger partial charge < -0.3 is 0 Å². The van der Waals surface area contributed by atoms with Gasteiger partial charge in [0.25, 0.3) is 0 Å². The summed E-state index contributed by atoms with van der Waals surface area (Å²) in [6.07, 6.45) is -2.12. The fourth-order valence-corrected chi connectivity index (χ4v) is 5.55. The van der Waals surface area contributed by atoms with Crippen molar-refractivity contribution in [3.05, 3.63) is 46.1 Å². The van der Waals surface area contributed by atoms with Crippen LogP contribution in [0, 0.1) is 0 Å². The Morgan fingerprint density at radius 1 is 1.07 bits per heavy atom. The number of benzene rings is 1. The highest BCUT2D eigenvalue weighted by Crippen LogP contribution is 2.39. The van der Waals surface area contributed by atoms with Crippen LogP contribution in [0.4, 0.5) is 13.2 Å². The first-order valence-corrected chi connectivity index (χ1v) is 10.9. The first kappa shape index (κ1) is 20.1. The standard InChI is InChI=1S/C18H21F3N4O3S/c1-23-17(26)25(13-6-7-13)16(22-23)12-8-10-24(11-9-12)29(27,28)15-5-3-2-4-14(15)18(19,20)21/h2-5,12-13H,6-11H2,1H3. The Morgan fingerprint density at radius 2 is 1.69 bits per heavy atom. The summed E-state index contributed by atoms with van der Waals surface area (Å²) >= 11 is 0. The zero-order valence-corrected chi connectivity index (χ0v) is 16.6. The maximum Gasteiger partial charge on any atom is 0.417 e. The minimum atomic E-state index is -4.75. The molecule has 0 unspecified atom stereocenters. The van der Waals surface area contributed by atoms with Crippen molar-refractivity contribution in [2.75, 3.05) is 13.1 Å². The minimum absolute atomic E-state index is 0.0780.